The summed E-state index contributed by atoms with van der Waals surface area (Å²) in [7, 11) is 1.81. The predicted octanol–water partition coefficient (Wildman–Crippen LogP) is 2.90. The zero-order chi connectivity index (χ0) is 18.2. The van der Waals surface area contributed by atoms with E-state index in [1.54, 1.807) is 11.1 Å². The highest BCUT2D eigenvalue weighted by Gasteiger charge is 2.14. The molecule has 0 saturated carbocycles. The molecule has 0 atom stereocenters. The van der Waals surface area contributed by atoms with Gasteiger partial charge in [0, 0.05) is 19.8 Å². The summed E-state index contributed by atoms with van der Waals surface area (Å²) in [5, 5.41) is 4.24. The molecule has 1 heterocycles. The van der Waals surface area contributed by atoms with Crippen molar-refractivity contribution in [1.82, 2.24) is 14.7 Å². The lowest BCUT2D eigenvalue weighted by Gasteiger charge is -2.18. The van der Waals surface area contributed by atoms with E-state index >= 15 is 0 Å². The Balaban J connectivity index is 2.04. The summed E-state index contributed by atoms with van der Waals surface area (Å²) in [4.78, 5) is 14.3. The molecule has 0 aliphatic heterocycles. The molecule has 0 spiro atoms. The van der Waals surface area contributed by atoms with Gasteiger partial charge in [-0.25, -0.2) is 0 Å². The van der Waals surface area contributed by atoms with Gasteiger partial charge in [0.2, 0.25) is 5.91 Å². The van der Waals surface area contributed by atoms with E-state index in [0.29, 0.717) is 37.7 Å². The van der Waals surface area contributed by atoms with Crippen LogP contribution in [-0.2, 0) is 24.3 Å². The fourth-order valence-electron chi connectivity index (χ4n) is 2.63. The van der Waals surface area contributed by atoms with Crippen molar-refractivity contribution < 1.29 is 14.3 Å². The van der Waals surface area contributed by atoms with Gasteiger partial charge in [-0.3, -0.25) is 9.48 Å². The second-order valence-electron chi connectivity index (χ2n) is 5.71. The molecular formula is C19H27N3O3. The van der Waals surface area contributed by atoms with Crippen molar-refractivity contribution in [3.63, 3.8) is 0 Å². The van der Waals surface area contributed by atoms with Crippen molar-refractivity contribution in [2.45, 2.75) is 40.3 Å². The average Bonchev–Trinajstić information content (AvgIpc) is 3.04. The Morgan fingerprint density at radius 1 is 1.12 bits per heavy atom. The van der Waals surface area contributed by atoms with Gasteiger partial charge in [0.15, 0.2) is 11.5 Å². The van der Waals surface area contributed by atoms with E-state index in [0.717, 1.165) is 17.8 Å². The SMILES string of the molecule is CCOc1ccc(CC(=O)N(C)Cc2ccnn2CC)cc1OCC. The molecule has 0 saturated heterocycles. The first kappa shape index (κ1) is 18.8. The van der Waals surface area contributed by atoms with E-state index in [-0.39, 0.29) is 5.91 Å². The molecule has 6 heteroatoms. The van der Waals surface area contributed by atoms with Crippen LogP contribution in [0.25, 0.3) is 0 Å². The first-order valence-electron chi connectivity index (χ1n) is 8.72. The van der Waals surface area contributed by atoms with Crippen LogP contribution in [0.4, 0.5) is 0 Å². The van der Waals surface area contributed by atoms with Crippen LogP contribution in [0.15, 0.2) is 30.5 Å². The number of hydrogen-bond acceptors (Lipinski definition) is 4. The van der Waals surface area contributed by atoms with Gasteiger partial charge in [0.05, 0.1) is 31.9 Å². The number of aromatic nitrogens is 2. The average molecular weight is 345 g/mol. The maximum absolute atomic E-state index is 12.5. The second-order valence-corrected chi connectivity index (χ2v) is 5.71. The number of likely N-dealkylation sites (N-methyl/N-ethyl adjacent to an activating group) is 1. The molecule has 6 nitrogen and oxygen atoms in total. The van der Waals surface area contributed by atoms with Crippen molar-refractivity contribution in [3.8, 4) is 11.5 Å². The van der Waals surface area contributed by atoms with Gasteiger partial charge in [0.1, 0.15) is 0 Å². The van der Waals surface area contributed by atoms with Crippen LogP contribution in [0.2, 0.25) is 0 Å². The lowest BCUT2D eigenvalue weighted by Crippen LogP contribution is -2.28. The summed E-state index contributed by atoms with van der Waals surface area (Å²) in [5.74, 6) is 1.44. The summed E-state index contributed by atoms with van der Waals surface area (Å²) >= 11 is 0. The van der Waals surface area contributed by atoms with E-state index < -0.39 is 0 Å². The predicted molar refractivity (Wildman–Crippen MR) is 96.9 cm³/mol. The first-order chi connectivity index (χ1) is 12.1. The van der Waals surface area contributed by atoms with E-state index in [9.17, 15) is 4.79 Å². The van der Waals surface area contributed by atoms with Crippen LogP contribution in [-0.4, -0.2) is 40.8 Å². The maximum Gasteiger partial charge on any atom is 0.227 e. The van der Waals surface area contributed by atoms with Crippen molar-refractivity contribution in [2.75, 3.05) is 20.3 Å². The van der Waals surface area contributed by atoms with Gasteiger partial charge < -0.3 is 14.4 Å². The van der Waals surface area contributed by atoms with Crippen molar-refractivity contribution in [1.29, 1.82) is 0 Å². The van der Waals surface area contributed by atoms with Crippen LogP contribution in [0, 0.1) is 0 Å². The fraction of sp³-hybridized carbons (Fsp3) is 0.474. The van der Waals surface area contributed by atoms with E-state index in [2.05, 4.69) is 5.10 Å². The molecule has 0 aliphatic rings. The zero-order valence-electron chi connectivity index (χ0n) is 15.5. The largest absolute Gasteiger partial charge is 0.490 e. The Bertz CT molecular complexity index is 697. The van der Waals surface area contributed by atoms with Crippen molar-refractivity contribution >= 4 is 5.91 Å². The normalized spacial score (nSPS) is 10.6. The Kier molecular flexibility index (Phi) is 6.86. The standard InChI is InChI=1S/C19H27N3O3/c1-5-22-16(10-11-20-22)14-21(4)19(23)13-15-8-9-17(24-6-2)18(12-15)25-7-3/h8-12H,5-7,13-14H2,1-4H3. The zero-order valence-corrected chi connectivity index (χ0v) is 15.5. The summed E-state index contributed by atoms with van der Waals surface area (Å²) in [5.41, 5.74) is 1.94. The Labute approximate surface area is 149 Å². The number of rotatable bonds is 9. The van der Waals surface area contributed by atoms with Crippen LogP contribution < -0.4 is 9.47 Å². The van der Waals surface area contributed by atoms with Crippen molar-refractivity contribution in [2.24, 2.45) is 0 Å². The molecule has 25 heavy (non-hydrogen) atoms. The number of nitrogens with zero attached hydrogens (tertiary/aromatic N) is 3. The quantitative estimate of drug-likeness (QED) is 0.701. The summed E-state index contributed by atoms with van der Waals surface area (Å²) in [6.45, 7) is 8.36. The minimum absolute atomic E-state index is 0.0514. The van der Waals surface area contributed by atoms with Crippen LogP contribution in [0.5, 0.6) is 11.5 Å². The van der Waals surface area contributed by atoms with Gasteiger partial charge in [-0.2, -0.15) is 5.10 Å². The minimum atomic E-state index is 0.0514. The molecule has 1 aromatic heterocycles. The third-order valence-electron chi connectivity index (χ3n) is 3.89. The summed E-state index contributed by atoms with van der Waals surface area (Å²) < 4.78 is 13.1. The lowest BCUT2D eigenvalue weighted by atomic mass is 10.1. The number of carbonyl (C=O) groups is 1. The Morgan fingerprint density at radius 2 is 1.84 bits per heavy atom. The van der Waals surface area contributed by atoms with Crippen molar-refractivity contribution in [3.05, 3.63) is 41.7 Å². The van der Waals surface area contributed by atoms with Gasteiger partial charge in [0.25, 0.3) is 0 Å². The second kappa shape index (κ2) is 9.11. The molecule has 0 N–H and O–H groups in total. The number of hydrogen-bond donors (Lipinski definition) is 0. The highest BCUT2D eigenvalue weighted by molar-refractivity contribution is 5.78. The van der Waals surface area contributed by atoms with Crippen LogP contribution in [0.3, 0.4) is 0 Å². The third kappa shape index (κ3) is 4.98. The minimum Gasteiger partial charge on any atom is -0.490 e. The fourth-order valence-corrected chi connectivity index (χ4v) is 2.63. The molecule has 0 radical (unpaired) electrons. The molecule has 2 aromatic rings. The number of amides is 1. The van der Waals surface area contributed by atoms with Gasteiger partial charge in [-0.1, -0.05) is 6.07 Å². The van der Waals surface area contributed by atoms with Gasteiger partial charge in [-0.05, 0) is 44.5 Å². The molecule has 136 valence electrons. The van der Waals surface area contributed by atoms with E-state index in [4.69, 9.17) is 9.47 Å². The molecular weight excluding hydrogens is 318 g/mol. The molecule has 0 fully saturated rings. The van der Waals surface area contributed by atoms with Gasteiger partial charge >= 0.3 is 0 Å². The van der Waals surface area contributed by atoms with Crippen LogP contribution in [0.1, 0.15) is 32.0 Å². The molecule has 0 bridgehead atoms. The molecule has 0 aliphatic carbocycles. The topological polar surface area (TPSA) is 56.6 Å². The van der Waals surface area contributed by atoms with E-state index in [1.165, 1.54) is 0 Å². The smallest absolute Gasteiger partial charge is 0.227 e. The molecule has 1 aromatic carbocycles. The Morgan fingerprint density at radius 3 is 2.52 bits per heavy atom. The summed E-state index contributed by atoms with van der Waals surface area (Å²) in [6.07, 6.45) is 2.08. The van der Waals surface area contributed by atoms with Crippen LogP contribution >= 0.6 is 0 Å². The number of ether oxygens (including phenoxy) is 2. The molecule has 1 amide bonds. The molecule has 0 unspecified atom stereocenters. The highest BCUT2D eigenvalue weighted by atomic mass is 16.5. The lowest BCUT2D eigenvalue weighted by molar-refractivity contribution is -0.129. The Hall–Kier alpha value is -2.50. The van der Waals surface area contributed by atoms with Gasteiger partial charge in [-0.15, -0.1) is 0 Å². The maximum atomic E-state index is 12.5. The number of carbonyl (C=O) groups excluding carboxylic acids is 1. The number of aryl methyl sites for hydroxylation is 1. The molecule has 2 rings (SSSR count). The number of benzene rings is 1. The summed E-state index contributed by atoms with van der Waals surface area (Å²) in [6, 6.07) is 7.60. The monoisotopic (exact) mass is 345 g/mol. The highest BCUT2D eigenvalue weighted by Crippen LogP contribution is 2.28. The third-order valence-corrected chi connectivity index (χ3v) is 3.89. The first-order valence-corrected chi connectivity index (χ1v) is 8.72. The van der Waals surface area contributed by atoms with E-state index in [1.807, 2.05) is 56.8 Å².